The van der Waals surface area contributed by atoms with Crippen molar-refractivity contribution < 1.29 is 78.9 Å². The number of carbonyl (C=O) groups excluding carboxylic acids is 2. The first-order valence-electron chi connectivity index (χ1n) is 17.4. The summed E-state index contributed by atoms with van der Waals surface area (Å²) in [6.45, 7) is -1.62. The van der Waals surface area contributed by atoms with E-state index >= 15 is 0 Å². The molecule has 2 aliphatic carbocycles. The molecule has 0 spiro atoms. The summed E-state index contributed by atoms with van der Waals surface area (Å²) in [4.78, 5) is 25.5. The molecule has 2 saturated carbocycles. The zero-order valence-electron chi connectivity index (χ0n) is 27.1. The first kappa shape index (κ1) is 37.7. The monoisotopic (exact) mass is 770 g/mol. The first-order chi connectivity index (χ1) is 23.5. The van der Waals surface area contributed by atoms with Crippen LogP contribution in [-0.2, 0) is 38.0 Å². The van der Waals surface area contributed by atoms with Crippen molar-refractivity contribution in [2.24, 2.45) is 23.7 Å². The number of aliphatic hydroxyl groups is 8. The van der Waals surface area contributed by atoms with Crippen LogP contribution in [0.15, 0.2) is 0 Å². The van der Waals surface area contributed by atoms with E-state index in [1.54, 1.807) is 0 Å². The Balaban J connectivity index is 1.08. The van der Waals surface area contributed by atoms with E-state index in [-0.39, 0.29) is 37.3 Å². The van der Waals surface area contributed by atoms with Gasteiger partial charge in [0.15, 0.2) is 0 Å². The maximum atomic E-state index is 12.7. The van der Waals surface area contributed by atoms with E-state index in [1.807, 2.05) is 0 Å². The SMILES string of the molecule is O=C1OC2CCC(O)CC2CC1CO[C@H]1[C@@H](O)[C@@H](CO)O[C@@H]([Se][C@@H]2O[C@H](CO)[C@H](O)[C@H](OCC3CC4CC(O)CCC4OC3=O)[C@H]2O)[C@@H]1O. The third-order valence-corrected chi connectivity index (χ3v) is 13.8. The minimum absolute atomic E-state index is 0.0309. The normalized spacial score (nSPS) is 49.0. The summed E-state index contributed by atoms with van der Waals surface area (Å²) in [5.74, 6) is -2.34. The molecule has 18 atom stereocenters. The summed E-state index contributed by atoms with van der Waals surface area (Å²) in [5.41, 5.74) is 0. The van der Waals surface area contributed by atoms with Crippen LogP contribution < -0.4 is 0 Å². The van der Waals surface area contributed by atoms with Crippen LogP contribution in [-0.4, -0.2) is 177 Å². The second-order valence-electron chi connectivity index (χ2n) is 14.4. The predicted octanol–water partition coefficient (Wildman–Crippen LogP) is -3.48. The van der Waals surface area contributed by atoms with Gasteiger partial charge in [-0.3, -0.25) is 0 Å². The molecule has 0 amide bonds. The van der Waals surface area contributed by atoms with E-state index in [0.717, 1.165) is 0 Å². The summed E-state index contributed by atoms with van der Waals surface area (Å²) in [7, 11) is 0. The Morgan fingerprint density at radius 2 is 1.00 bits per heavy atom. The van der Waals surface area contributed by atoms with Crippen molar-refractivity contribution in [3.05, 3.63) is 0 Å². The molecule has 16 nitrogen and oxygen atoms in total. The molecule has 4 aliphatic heterocycles. The molecule has 49 heavy (non-hydrogen) atoms. The molecule has 280 valence electrons. The summed E-state index contributed by atoms with van der Waals surface area (Å²) in [6.07, 6.45) is -8.13. The van der Waals surface area contributed by atoms with Crippen LogP contribution in [0.5, 0.6) is 0 Å². The van der Waals surface area contributed by atoms with E-state index in [9.17, 15) is 50.4 Å². The standard InChI is InChI=1S/C32H50O16Se/c33-9-21-23(37)27(43-11-15-5-13-7-17(35)1-3-19(13)45-29(15)41)25(39)31(47-21)49-32-26(40)28(24(38)22(10-34)48-32)44-12-16-6-14-8-18(36)2-4-20(14)46-30(16)42/h13-28,31-40H,1-12H2/t13?,14?,15?,16?,17?,18?,19?,20?,21-,22-,23+,24+,25-,26-,27+,28+,31+,32+/m1/s1. The van der Waals surface area contributed by atoms with Gasteiger partial charge in [0.2, 0.25) is 0 Å². The molecular weight excluding hydrogens is 719 g/mol. The summed E-state index contributed by atoms with van der Waals surface area (Å²) >= 11 is -0.979. The number of hydrogen-bond donors (Lipinski definition) is 8. The molecule has 0 radical (unpaired) electrons. The second-order valence-corrected chi connectivity index (χ2v) is 16.9. The third kappa shape index (κ3) is 8.30. The van der Waals surface area contributed by atoms with Gasteiger partial charge in [0.1, 0.15) is 0 Å². The van der Waals surface area contributed by atoms with Crippen LogP contribution in [0.25, 0.3) is 0 Å². The van der Waals surface area contributed by atoms with Gasteiger partial charge in [-0.25, -0.2) is 0 Å². The van der Waals surface area contributed by atoms with Crippen molar-refractivity contribution >= 4 is 26.9 Å². The Kier molecular flexibility index (Phi) is 12.6. The zero-order valence-corrected chi connectivity index (χ0v) is 28.8. The van der Waals surface area contributed by atoms with Gasteiger partial charge in [-0.2, -0.15) is 0 Å². The number of esters is 2. The Morgan fingerprint density at radius 1 is 0.592 bits per heavy atom. The Morgan fingerprint density at radius 3 is 1.39 bits per heavy atom. The second kappa shape index (κ2) is 16.3. The Hall–Kier alpha value is -1.02. The fraction of sp³-hybridized carbons (Fsp3) is 0.938. The van der Waals surface area contributed by atoms with Gasteiger partial charge in [0.05, 0.1) is 0 Å². The van der Waals surface area contributed by atoms with E-state index in [0.29, 0.717) is 51.4 Å². The van der Waals surface area contributed by atoms with Crippen LogP contribution in [0.1, 0.15) is 51.4 Å². The topological polar surface area (TPSA) is 251 Å². The molecule has 0 aromatic rings. The van der Waals surface area contributed by atoms with Gasteiger partial charge >= 0.3 is 290 Å². The van der Waals surface area contributed by atoms with Crippen LogP contribution in [0.3, 0.4) is 0 Å². The molecule has 4 heterocycles. The fourth-order valence-corrected chi connectivity index (χ4v) is 11.0. The number of ether oxygens (including phenoxy) is 6. The molecule has 0 aromatic heterocycles. The summed E-state index contributed by atoms with van der Waals surface area (Å²) < 4.78 is 34.7. The molecule has 4 saturated heterocycles. The molecule has 6 rings (SSSR count). The number of rotatable bonds is 10. The van der Waals surface area contributed by atoms with Crippen LogP contribution in [0, 0.1) is 23.7 Å². The summed E-state index contributed by atoms with van der Waals surface area (Å²) in [5, 5.41) is 82.5. The molecule has 8 N–H and O–H groups in total. The van der Waals surface area contributed by atoms with E-state index in [4.69, 9.17) is 28.4 Å². The number of carbonyl (C=O) groups is 2. The van der Waals surface area contributed by atoms with Crippen LogP contribution >= 0.6 is 0 Å². The van der Waals surface area contributed by atoms with Gasteiger partial charge in [0.25, 0.3) is 0 Å². The van der Waals surface area contributed by atoms with Gasteiger partial charge < -0.3 is 0 Å². The van der Waals surface area contributed by atoms with Crippen molar-refractivity contribution in [1.82, 2.24) is 0 Å². The quantitative estimate of drug-likeness (QED) is 0.0794. The van der Waals surface area contributed by atoms with E-state index in [2.05, 4.69) is 0 Å². The van der Waals surface area contributed by atoms with Gasteiger partial charge in [0, 0.05) is 0 Å². The predicted molar refractivity (Wildman–Crippen MR) is 163 cm³/mol. The zero-order chi connectivity index (χ0) is 35.0. The molecule has 0 aromatic carbocycles. The summed E-state index contributed by atoms with van der Waals surface area (Å²) in [6, 6.07) is 0. The Bertz CT molecular complexity index is 1050. The van der Waals surface area contributed by atoms with Gasteiger partial charge in [-0.05, 0) is 0 Å². The molecular formula is C32H50O16Se. The third-order valence-electron chi connectivity index (χ3n) is 11.0. The average Bonchev–Trinajstić information content (AvgIpc) is 3.07. The number of hydrogen-bond acceptors (Lipinski definition) is 16. The van der Waals surface area contributed by atoms with Crippen molar-refractivity contribution in [2.45, 2.75) is 135 Å². The maximum absolute atomic E-state index is 12.7. The molecule has 6 fully saturated rings. The molecule has 17 heteroatoms. The molecule has 8 unspecified atom stereocenters. The first-order valence-corrected chi connectivity index (χ1v) is 19.4. The van der Waals surface area contributed by atoms with Crippen LogP contribution in [0.2, 0.25) is 0 Å². The van der Waals surface area contributed by atoms with Crippen LogP contribution in [0.4, 0.5) is 0 Å². The van der Waals surface area contributed by atoms with Crippen molar-refractivity contribution in [2.75, 3.05) is 26.4 Å². The van der Waals surface area contributed by atoms with Gasteiger partial charge in [-0.15, -0.1) is 0 Å². The van der Waals surface area contributed by atoms with Gasteiger partial charge in [-0.1, -0.05) is 0 Å². The van der Waals surface area contributed by atoms with Crippen molar-refractivity contribution in [3.63, 3.8) is 0 Å². The van der Waals surface area contributed by atoms with E-state index in [1.165, 1.54) is 0 Å². The number of aliphatic hydroxyl groups excluding tert-OH is 8. The van der Waals surface area contributed by atoms with Crippen molar-refractivity contribution in [1.29, 1.82) is 0 Å². The van der Waals surface area contributed by atoms with Crippen molar-refractivity contribution in [3.8, 4) is 0 Å². The minimum atomic E-state index is -1.48. The average molecular weight is 770 g/mol. The number of fused-ring (bicyclic) bond motifs is 2. The fourth-order valence-electron chi connectivity index (χ4n) is 8.23. The molecule has 0 bridgehead atoms. The molecule has 6 aliphatic rings. The van der Waals surface area contributed by atoms with E-state index < -0.39 is 123 Å². The Labute approximate surface area is 290 Å².